The van der Waals surface area contributed by atoms with Crippen molar-refractivity contribution in [3.05, 3.63) is 241 Å². The molecule has 2 saturated heterocycles. The zero-order valence-corrected chi connectivity index (χ0v) is 73.0. The van der Waals surface area contributed by atoms with Crippen LogP contribution in [0.15, 0.2) is 239 Å². The Morgan fingerprint density at radius 2 is 0.438 bits per heavy atom. The molecule has 8 aromatic carbocycles. The molecule has 9 aliphatic rings. The summed E-state index contributed by atoms with van der Waals surface area (Å²) in [5, 5.41) is 29.9. The van der Waals surface area contributed by atoms with Crippen molar-refractivity contribution < 1.29 is 76.3 Å². The minimum atomic E-state index is -0.533. The molecule has 4 N–H and O–H groups in total. The van der Waals surface area contributed by atoms with Crippen LogP contribution in [0.5, 0.6) is 23.0 Å². The van der Waals surface area contributed by atoms with Crippen molar-refractivity contribution >= 4 is 70.8 Å². The van der Waals surface area contributed by atoms with Crippen LogP contribution in [0.4, 0.5) is 41.9 Å². The predicted molar refractivity (Wildman–Crippen MR) is 484 cm³/mol. The van der Waals surface area contributed by atoms with Gasteiger partial charge >= 0.3 is 24.4 Å². The highest BCUT2D eigenvalue weighted by Crippen LogP contribution is 2.27. The van der Waals surface area contributed by atoms with Crippen molar-refractivity contribution in [1.82, 2.24) is 60.5 Å². The van der Waals surface area contributed by atoms with Crippen LogP contribution in [0.1, 0.15) is 73.6 Å². The van der Waals surface area contributed by atoms with E-state index in [1.807, 2.05) is 238 Å². The second-order valence-electron chi connectivity index (χ2n) is 31.2. The summed E-state index contributed by atoms with van der Waals surface area (Å²) in [5.74, 6) is 1.74. The Kier molecular flexibility index (Phi) is 40.9. The molecule has 32 heteroatoms. The third kappa shape index (κ3) is 36.5. The monoisotopic (exact) mass is 1750 g/mol. The molecule has 9 heterocycles. The van der Waals surface area contributed by atoms with E-state index in [9.17, 15) is 38.4 Å². The van der Waals surface area contributed by atoms with E-state index >= 15 is 0 Å². The molecular weight excluding hydrogens is 1630 g/mol. The van der Waals surface area contributed by atoms with Crippen LogP contribution in [-0.4, -0.2) is 271 Å². The topological polar surface area (TPSA) is 334 Å². The lowest BCUT2D eigenvalue weighted by Crippen LogP contribution is -2.51. The third-order valence-corrected chi connectivity index (χ3v) is 21.4. The van der Waals surface area contributed by atoms with Gasteiger partial charge < -0.3 is 78.8 Å². The minimum absolute atomic E-state index is 0.00375. The van der Waals surface area contributed by atoms with Crippen molar-refractivity contribution in [2.24, 2.45) is 20.5 Å². The minimum Gasteiger partial charge on any atom is -0.494 e. The van der Waals surface area contributed by atoms with Crippen molar-refractivity contribution in [2.45, 2.75) is 77.8 Å². The van der Waals surface area contributed by atoms with Gasteiger partial charge in [-0.05, 0) is 171 Å². The molecule has 0 spiro atoms. The maximum atomic E-state index is 14.0. The second-order valence-corrected chi connectivity index (χ2v) is 31.2. The van der Waals surface area contributed by atoms with Gasteiger partial charge in [-0.3, -0.25) is 38.8 Å². The fourth-order valence-corrected chi connectivity index (χ4v) is 13.9. The number of nitrogens with one attached hydrogen (secondary N) is 4. The van der Waals surface area contributed by atoms with E-state index in [4.69, 9.17) is 37.9 Å². The Morgan fingerprint density at radius 1 is 0.250 bits per heavy atom. The van der Waals surface area contributed by atoms with Crippen LogP contribution in [-0.2, 0) is 64.6 Å². The van der Waals surface area contributed by atoms with Gasteiger partial charge in [-0.15, -0.1) is 0 Å². The Bertz CT molecular complexity index is 4090. The highest BCUT2D eigenvalue weighted by atomic mass is 16.6. The maximum absolute atomic E-state index is 14.0. The van der Waals surface area contributed by atoms with Gasteiger partial charge in [0.05, 0.1) is 75.4 Å². The number of hydrogen-bond acceptors (Lipinski definition) is 24. The molecule has 32 nitrogen and oxygen atoms in total. The van der Waals surface area contributed by atoms with E-state index in [1.54, 1.807) is 19.6 Å². The Morgan fingerprint density at radius 3 is 0.625 bits per heavy atom. The Labute approximate surface area is 749 Å². The average Bonchev–Trinajstić information content (AvgIpc) is 0.874. The first-order valence-electron chi connectivity index (χ1n) is 44.3. The van der Waals surface area contributed by atoms with Crippen LogP contribution in [0.2, 0.25) is 0 Å². The summed E-state index contributed by atoms with van der Waals surface area (Å²) >= 11 is 0. The molecule has 12 bridgehead atoms. The van der Waals surface area contributed by atoms with Crippen molar-refractivity contribution in [3.8, 4) is 23.0 Å². The zero-order valence-electron chi connectivity index (χ0n) is 73.0. The first kappa shape index (κ1) is 95.6. The van der Waals surface area contributed by atoms with E-state index < -0.39 is 24.4 Å². The third-order valence-electron chi connectivity index (χ3n) is 21.4. The van der Waals surface area contributed by atoms with E-state index in [-0.39, 0.29) is 181 Å². The van der Waals surface area contributed by atoms with Gasteiger partial charge in [0.1, 0.15) is 49.4 Å². The number of ether oxygens (including phenoxy) is 8. The van der Waals surface area contributed by atoms with Crippen LogP contribution in [0.3, 0.4) is 0 Å². The maximum Gasteiger partial charge on any atom is 0.410 e. The molecule has 2 fully saturated rings. The summed E-state index contributed by atoms with van der Waals surface area (Å²) in [7, 11) is 0. The molecule has 8 aromatic rings. The lowest BCUT2D eigenvalue weighted by molar-refractivity contribution is -0.123. The molecule has 17 rings (SSSR count). The van der Waals surface area contributed by atoms with Crippen LogP contribution < -0.4 is 40.2 Å². The normalized spacial score (nSPS) is 19.1. The van der Waals surface area contributed by atoms with Gasteiger partial charge in [-0.2, -0.15) is 20.5 Å². The standard InChI is InChI=1S/C96H120N16O16/c113-89-69-105-49-57-109(93(117)125-73-77-21-5-1-6-22-77)58-50-106(52-60-110(59-51-105)94(118)126-74-78-23-7-2-8-24-78)70-90(114)98-46-14-18-66-122-86-39-31-82(32-40-86)102-104-84-35-43-88(44-36-84)124-68-20-16-48-100-92(116)72-108-54-62-111(95(119)127-75-79-25-9-3-10-26-79)61-53-107(55-63-112(64-56-108)96(120)128-76-80-27-11-4-12-28-80)71-91(115)99-47-15-19-67-123-87-41-33-83(34-42-87)103-101-81-29-37-85(38-30-81)121-65-17-13-45-97-89/h1-12,21-44H,13-20,45-76H2,(H,97,113)(H,98,114)(H,99,115)(H,100,116). The molecule has 0 aromatic heterocycles. The molecule has 0 radical (unpaired) electrons. The Hall–Kier alpha value is -13.0. The highest BCUT2D eigenvalue weighted by Gasteiger charge is 2.28. The summed E-state index contributed by atoms with van der Waals surface area (Å²) in [6.07, 6.45) is 3.05. The first-order chi connectivity index (χ1) is 62.7. The van der Waals surface area contributed by atoms with Gasteiger partial charge in [0, 0.05) is 131 Å². The Balaban J connectivity index is 0.708. The summed E-state index contributed by atoms with van der Waals surface area (Å²) in [6, 6.07) is 66.8. The lowest BCUT2D eigenvalue weighted by atomic mass is 10.2. The van der Waals surface area contributed by atoms with Crippen LogP contribution >= 0.6 is 0 Å². The highest BCUT2D eigenvalue weighted by molar-refractivity contribution is 5.80. The molecule has 0 aliphatic carbocycles. The largest absolute Gasteiger partial charge is 0.494 e. The van der Waals surface area contributed by atoms with Gasteiger partial charge in [-0.1, -0.05) is 121 Å². The van der Waals surface area contributed by atoms with E-state index in [1.165, 1.54) is 0 Å². The van der Waals surface area contributed by atoms with Gasteiger partial charge in [0.2, 0.25) is 23.6 Å². The molecule has 680 valence electrons. The number of carbonyl (C=O) groups is 8. The summed E-state index contributed by atoms with van der Waals surface area (Å²) in [6.45, 7) is 7.19. The molecule has 0 saturated carbocycles. The number of azo groups is 2. The molecule has 128 heavy (non-hydrogen) atoms. The SMILES string of the molecule is O=C1CN2CCN(C(=O)OCc3ccccc3)CCN(CCN(C(=O)OCc3ccccc3)CC2)CC(=O)NCCCCOc2ccc(cc2)N=Nc2ccc(cc2)OCCCCNC(=O)CN2CCN(C(=O)OCc3ccccc3)CCN(CCN(C(=O)OCc3ccccc3)CC2)CC(=O)NCCCCOc2ccc(cc2)N=Nc2ccc(cc2)OCCCCN1. The quantitative estimate of drug-likeness (QED) is 0.103. The summed E-state index contributed by atoms with van der Waals surface area (Å²) in [5.41, 5.74) is 5.81. The lowest BCUT2D eigenvalue weighted by Gasteiger charge is -2.33. The molecule has 0 unspecified atom stereocenters. The van der Waals surface area contributed by atoms with Crippen LogP contribution in [0.25, 0.3) is 0 Å². The predicted octanol–water partition coefficient (Wildman–Crippen LogP) is 13.1. The second kappa shape index (κ2) is 54.8. The first-order valence-corrected chi connectivity index (χ1v) is 44.3. The molecule has 9 aliphatic heterocycles. The molecular formula is C96H120N16O16. The van der Waals surface area contributed by atoms with Crippen molar-refractivity contribution in [2.75, 3.05) is 184 Å². The summed E-state index contributed by atoms with van der Waals surface area (Å²) in [4.78, 5) is 125. The van der Waals surface area contributed by atoms with E-state index in [0.717, 1.165) is 22.3 Å². The average molecular weight is 1750 g/mol. The number of benzene rings is 8. The zero-order chi connectivity index (χ0) is 89.2. The van der Waals surface area contributed by atoms with Crippen molar-refractivity contribution in [1.29, 1.82) is 0 Å². The fraction of sp³-hybridized carbons (Fsp3) is 0.417. The molecule has 0 atom stereocenters. The van der Waals surface area contributed by atoms with Gasteiger partial charge in [-0.25, -0.2) is 19.2 Å². The van der Waals surface area contributed by atoms with E-state index in [0.29, 0.717) is 150 Å². The number of nitrogens with zero attached hydrogens (tertiary/aromatic N) is 12. The summed E-state index contributed by atoms with van der Waals surface area (Å²) < 4.78 is 47.7. The van der Waals surface area contributed by atoms with Crippen LogP contribution in [0, 0.1) is 0 Å². The number of carbonyl (C=O) groups excluding carboxylic acids is 8. The van der Waals surface area contributed by atoms with Gasteiger partial charge in [0.15, 0.2) is 0 Å². The molecule has 8 amide bonds. The van der Waals surface area contributed by atoms with E-state index in [2.05, 4.69) is 41.7 Å². The van der Waals surface area contributed by atoms with Gasteiger partial charge in [0.25, 0.3) is 0 Å². The number of amides is 8. The smallest absolute Gasteiger partial charge is 0.410 e. The fourth-order valence-electron chi connectivity index (χ4n) is 13.9. The number of rotatable bonds is 8. The van der Waals surface area contributed by atoms with Crippen molar-refractivity contribution in [3.63, 3.8) is 0 Å². The number of hydrogen-bond donors (Lipinski definition) is 4.